The number of esters is 2. The third-order valence-corrected chi connectivity index (χ3v) is 3.97. The summed E-state index contributed by atoms with van der Waals surface area (Å²) in [6.45, 7) is 3.35. The van der Waals surface area contributed by atoms with Crippen molar-refractivity contribution >= 4 is 23.5 Å². The molecule has 0 aromatic heterocycles. The SMILES string of the molecule is CCOC(=O)[C@H]1O[C@@H](C(=O)OCC)NC2=C1C(=O)c1ccccc1C2=O. The Morgan fingerprint density at radius 1 is 1.00 bits per heavy atom. The number of fused-ring (bicyclic) bond motifs is 1. The Morgan fingerprint density at radius 3 is 2.19 bits per heavy atom. The minimum atomic E-state index is -1.49. The van der Waals surface area contributed by atoms with Crippen LogP contribution in [0.15, 0.2) is 35.5 Å². The fourth-order valence-electron chi connectivity index (χ4n) is 2.88. The lowest BCUT2D eigenvalue weighted by atomic mass is 9.84. The topological polar surface area (TPSA) is 108 Å². The van der Waals surface area contributed by atoms with Gasteiger partial charge in [-0.05, 0) is 13.8 Å². The van der Waals surface area contributed by atoms with E-state index >= 15 is 0 Å². The zero-order valence-corrected chi connectivity index (χ0v) is 14.2. The summed E-state index contributed by atoms with van der Waals surface area (Å²) in [5, 5.41) is 2.59. The molecule has 1 aliphatic heterocycles. The van der Waals surface area contributed by atoms with Crippen molar-refractivity contribution in [1.82, 2.24) is 5.32 Å². The molecule has 26 heavy (non-hydrogen) atoms. The van der Waals surface area contributed by atoms with Gasteiger partial charge in [0, 0.05) is 11.1 Å². The lowest BCUT2D eigenvalue weighted by molar-refractivity contribution is -0.172. The van der Waals surface area contributed by atoms with Crippen molar-refractivity contribution < 1.29 is 33.4 Å². The number of Topliss-reactive ketones (excluding diaryl/α,β-unsaturated/α-hetero) is 2. The Morgan fingerprint density at radius 2 is 1.58 bits per heavy atom. The molecular formula is C18H17NO7. The van der Waals surface area contributed by atoms with Crippen molar-refractivity contribution in [2.75, 3.05) is 13.2 Å². The molecule has 8 heteroatoms. The summed E-state index contributed by atoms with van der Waals surface area (Å²) in [4.78, 5) is 50.1. The molecule has 0 spiro atoms. The highest BCUT2D eigenvalue weighted by atomic mass is 16.6. The van der Waals surface area contributed by atoms with Crippen molar-refractivity contribution in [3.8, 4) is 0 Å². The molecule has 1 aromatic rings. The maximum Gasteiger partial charge on any atom is 0.356 e. The summed E-state index contributed by atoms with van der Waals surface area (Å²) in [6.07, 6.45) is -2.89. The summed E-state index contributed by atoms with van der Waals surface area (Å²) >= 11 is 0. The molecule has 0 unspecified atom stereocenters. The van der Waals surface area contributed by atoms with Gasteiger partial charge in [-0.15, -0.1) is 0 Å². The molecule has 1 aliphatic carbocycles. The van der Waals surface area contributed by atoms with Gasteiger partial charge in [0.25, 0.3) is 0 Å². The predicted octanol–water partition coefficient (Wildman–Crippen LogP) is 0.760. The summed E-state index contributed by atoms with van der Waals surface area (Å²) in [5.41, 5.74) is 0.0603. The van der Waals surface area contributed by atoms with Crippen LogP contribution in [0, 0.1) is 0 Å². The molecule has 0 fully saturated rings. The maximum atomic E-state index is 12.9. The van der Waals surface area contributed by atoms with Gasteiger partial charge in [-0.3, -0.25) is 9.59 Å². The standard InChI is InChI=1S/C18H17NO7/c1-3-24-17(22)15-11-12(19-16(26-15)18(23)25-4-2)14(21)10-8-6-5-7-9(10)13(11)20/h5-8,15-16,19H,3-4H2,1-2H3/t15-,16-/m0/s1. The van der Waals surface area contributed by atoms with Crippen LogP contribution >= 0.6 is 0 Å². The minimum absolute atomic E-state index is 0.0531. The number of carbonyl (C=O) groups excluding carboxylic acids is 4. The molecule has 3 rings (SSSR count). The van der Waals surface area contributed by atoms with Crippen molar-refractivity contribution in [1.29, 1.82) is 0 Å². The lowest BCUT2D eigenvalue weighted by Gasteiger charge is -2.34. The van der Waals surface area contributed by atoms with Crippen LogP contribution in [0.2, 0.25) is 0 Å². The molecule has 1 aromatic carbocycles. The zero-order chi connectivity index (χ0) is 18.8. The van der Waals surface area contributed by atoms with Crippen LogP contribution in [0.5, 0.6) is 0 Å². The smallest absolute Gasteiger partial charge is 0.356 e. The molecule has 8 nitrogen and oxygen atoms in total. The summed E-state index contributed by atoms with van der Waals surface area (Å²) in [5.74, 6) is -2.67. The van der Waals surface area contributed by atoms with Crippen LogP contribution in [0.1, 0.15) is 34.6 Å². The summed E-state index contributed by atoms with van der Waals surface area (Å²) in [6, 6.07) is 6.25. The number of ether oxygens (including phenoxy) is 3. The summed E-state index contributed by atoms with van der Waals surface area (Å²) in [7, 11) is 0. The van der Waals surface area contributed by atoms with E-state index in [4.69, 9.17) is 14.2 Å². The van der Waals surface area contributed by atoms with Gasteiger partial charge in [0.15, 0.2) is 11.9 Å². The molecule has 0 bridgehead atoms. The van der Waals surface area contributed by atoms with Crippen molar-refractivity contribution in [2.24, 2.45) is 0 Å². The van der Waals surface area contributed by atoms with Gasteiger partial charge < -0.3 is 19.5 Å². The lowest BCUT2D eigenvalue weighted by Crippen LogP contribution is -2.54. The predicted molar refractivity (Wildman–Crippen MR) is 87.2 cm³/mol. The van der Waals surface area contributed by atoms with Crippen LogP contribution in [0.3, 0.4) is 0 Å². The number of allylic oxidation sites excluding steroid dienone is 1. The highest BCUT2D eigenvalue weighted by Crippen LogP contribution is 2.32. The number of hydrogen-bond donors (Lipinski definition) is 1. The molecule has 1 N–H and O–H groups in total. The Kier molecular flexibility index (Phi) is 4.85. The monoisotopic (exact) mass is 359 g/mol. The number of nitrogens with one attached hydrogen (secondary N) is 1. The highest BCUT2D eigenvalue weighted by molar-refractivity contribution is 6.28. The van der Waals surface area contributed by atoms with Gasteiger partial charge >= 0.3 is 11.9 Å². The second-order valence-electron chi connectivity index (χ2n) is 5.54. The van der Waals surface area contributed by atoms with Crippen LogP contribution < -0.4 is 5.32 Å². The van der Waals surface area contributed by atoms with E-state index in [1.54, 1.807) is 26.0 Å². The summed E-state index contributed by atoms with van der Waals surface area (Å²) < 4.78 is 15.3. The first-order chi connectivity index (χ1) is 12.5. The van der Waals surface area contributed by atoms with Gasteiger partial charge in [0.05, 0.1) is 24.5 Å². The fraction of sp³-hybridized carbons (Fsp3) is 0.333. The third kappa shape index (κ3) is 2.88. The Balaban J connectivity index is 2.08. The van der Waals surface area contributed by atoms with E-state index in [0.29, 0.717) is 0 Å². The minimum Gasteiger partial charge on any atom is -0.464 e. The normalized spacial score (nSPS) is 21.5. The van der Waals surface area contributed by atoms with E-state index in [9.17, 15) is 19.2 Å². The van der Waals surface area contributed by atoms with Crippen LogP contribution in [-0.2, 0) is 23.8 Å². The second kappa shape index (κ2) is 7.09. The molecular weight excluding hydrogens is 342 g/mol. The van der Waals surface area contributed by atoms with E-state index in [1.807, 2.05) is 0 Å². The number of carbonyl (C=O) groups is 4. The fourth-order valence-corrected chi connectivity index (χ4v) is 2.88. The Hall–Kier alpha value is -3.00. The van der Waals surface area contributed by atoms with Crippen molar-refractivity contribution in [2.45, 2.75) is 26.2 Å². The molecule has 0 saturated heterocycles. The Labute approximate surface area is 149 Å². The number of benzene rings is 1. The van der Waals surface area contributed by atoms with Gasteiger partial charge in [0.2, 0.25) is 12.0 Å². The van der Waals surface area contributed by atoms with Crippen LogP contribution in [-0.4, -0.2) is 49.1 Å². The highest BCUT2D eigenvalue weighted by Gasteiger charge is 2.46. The van der Waals surface area contributed by atoms with E-state index in [2.05, 4.69) is 5.32 Å². The van der Waals surface area contributed by atoms with E-state index < -0.39 is 35.8 Å². The zero-order valence-electron chi connectivity index (χ0n) is 14.2. The molecule has 136 valence electrons. The Bertz CT molecular complexity index is 827. The molecule has 0 saturated carbocycles. The third-order valence-electron chi connectivity index (χ3n) is 3.97. The number of rotatable bonds is 4. The van der Waals surface area contributed by atoms with E-state index in [-0.39, 0.29) is 35.6 Å². The van der Waals surface area contributed by atoms with Crippen molar-refractivity contribution in [3.05, 3.63) is 46.7 Å². The van der Waals surface area contributed by atoms with Gasteiger partial charge in [-0.1, -0.05) is 24.3 Å². The van der Waals surface area contributed by atoms with Crippen molar-refractivity contribution in [3.63, 3.8) is 0 Å². The first-order valence-electron chi connectivity index (χ1n) is 8.17. The number of hydrogen-bond acceptors (Lipinski definition) is 8. The molecule has 2 aliphatic rings. The maximum absolute atomic E-state index is 12.9. The number of ketones is 2. The quantitative estimate of drug-likeness (QED) is 0.785. The molecule has 0 radical (unpaired) electrons. The average molecular weight is 359 g/mol. The van der Waals surface area contributed by atoms with Crippen LogP contribution in [0.25, 0.3) is 0 Å². The first kappa shape index (κ1) is 17.8. The largest absolute Gasteiger partial charge is 0.464 e. The van der Waals surface area contributed by atoms with Crippen LogP contribution in [0.4, 0.5) is 0 Å². The van der Waals surface area contributed by atoms with Gasteiger partial charge in [-0.25, -0.2) is 9.59 Å². The second-order valence-corrected chi connectivity index (χ2v) is 5.54. The molecule has 2 atom stereocenters. The molecule has 1 heterocycles. The van der Waals surface area contributed by atoms with Gasteiger partial charge in [0.1, 0.15) is 0 Å². The van der Waals surface area contributed by atoms with Gasteiger partial charge in [-0.2, -0.15) is 0 Å². The molecule has 0 amide bonds. The van der Waals surface area contributed by atoms with E-state index in [0.717, 1.165) is 0 Å². The average Bonchev–Trinajstić information content (AvgIpc) is 2.65. The first-order valence-corrected chi connectivity index (χ1v) is 8.17. The van der Waals surface area contributed by atoms with E-state index in [1.165, 1.54) is 12.1 Å².